The van der Waals surface area contributed by atoms with Gasteiger partial charge in [-0.05, 0) is 35.7 Å². The van der Waals surface area contributed by atoms with Gasteiger partial charge in [-0.15, -0.1) is 0 Å². The Morgan fingerprint density at radius 1 is 0.886 bits per heavy atom. The van der Waals surface area contributed by atoms with Crippen molar-refractivity contribution in [2.45, 2.75) is 4.90 Å². The summed E-state index contributed by atoms with van der Waals surface area (Å²) in [7, 11) is -2.49. The molecule has 0 bridgehead atoms. The van der Waals surface area contributed by atoms with Gasteiger partial charge in [-0.1, -0.05) is 60.7 Å². The van der Waals surface area contributed by atoms with Gasteiger partial charge < -0.3 is 14.8 Å². The molecule has 0 aliphatic rings. The van der Waals surface area contributed by atoms with Crippen molar-refractivity contribution in [3.8, 4) is 11.5 Å². The van der Waals surface area contributed by atoms with Gasteiger partial charge in [0, 0.05) is 11.5 Å². The zero-order chi connectivity index (χ0) is 24.7. The van der Waals surface area contributed by atoms with E-state index in [2.05, 4.69) is 5.32 Å². The fourth-order valence-corrected chi connectivity index (χ4v) is 5.09. The van der Waals surface area contributed by atoms with Crippen LogP contribution in [0.5, 0.6) is 11.5 Å². The van der Waals surface area contributed by atoms with Gasteiger partial charge in [-0.25, -0.2) is 8.42 Å². The average Bonchev–Trinajstić information content (AvgIpc) is 2.90. The first-order valence-electron chi connectivity index (χ1n) is 11.1. The van der Waals surface area contributed by atoms with Gasteiger partial charge in [0.05, 0.1) is 24.2 Å². The van der Waals surface area contributed by atoms with Crippen LogP contribution in [0.1, 0.15) is 0 Å². The molecule has 4 aromatic carbocycles. The van der Waals surface area contributed by atoms with E-state index < -0.39 is 22.5 Å². The smallest absolute Gasteiger partial charge is 0.264 e. The standard InChI is InChI=1S/C27H26N2O5S/c1-33-23-12-8-11-22(19-23)29(35(31,32)24-13-3-2-4-14-24)20-27(30)28-17-18-34-26-16-7-10-21-9-5-6-15-25(21)26/h2-16,19H,17-18,20H2,1H3,(H,28,30). The van der Waals surface area contributed by atoms with E-state index in [4.69, 9.17) is 9.47 Å². The Labute approximate surface area is 205 Å². The summed E-state index contributed by atoms with van der Waals surface area (Å²) in [6.07, 6.45) is 0. The number of carbonyl (C=O) groups is 1. The van der Waals surface area contributed by atoms with Crippen LogP contribution in [0, 0.1) is 0 Å². The number of nitrogens with zero attached hydrogens (tertiary/aromatic N) is 1. The van der Waals surface area contributed by atoms with Gasteiger partial charge in [-0.3, -0.25) is 9.10 Å². The third-order valence-corrected chi connectivity index (χ3v) is 7.18. The Bertz CT molecular complexity index is 1400. The largest absolute Gasteiger partial charge is 0.497 e. The predicted octanol–water partition coefficient (Wildman–Crippen LogP) is 4.24. The summed E-state index contributed by atoms with van der Waals surface area (Å²) < 4.78 is 39.0. The van der Waals surface area contributed by atoms with E-state index >= 15 is 0 Å². The van der Waals surface area contributed by atoms with Gasteiger partial charge in [0.25, 0.3) is 10.0 Å². The van der Waals surface area contributed by atoms with Crippen LogP contribution >= 0.6 is 0 Å². The molecule has 1 amide bonds. The van der Waals surface area contributed by atoms with Gasteiger partial charge in [0.2, 0.25) is 5.91 Å². The highest BCUT2D eigenvalue weighted by Gasteiger charge is 2.27. The van der Waals surface area contributed by atoms with Crippen LogP contribution in [0.25, 0.3) is 10.8 Å². The first-order valence-corrected chi connectivity index (χ1v) is 12.5. The summed E-state index contributed by atoms with van der Waals surface area (Å²) in [5.41, 5.74) is 0.329. The summed E-state index contributed by atoms with van der Waals surface area (Å²) in [5.74, 6) is 0.760. The third-order valence-electron chi connectivity index (χ3n) is 5.39. The molecule has 0 spiro atoms. The maximum absolute atomic E-state index is 13.4. The SMILES string of the molecule is COc1cccc(N(CC(=O)NCCOc2cccc3ccccc23)S(=O)(=O)c2ccccc2)c1. The van der Waals surface area contributed by atoms with Crippen molar-refractivity contribution in [1.82, 2.24) is 5.32 Å². The molecule has 35 heavy (non-hydrogen) atoms. The van der Waals surface area contributed by atoms with E-state index in [-0.39, 0.29) is 18.0 Å². The molecule has 0 heterocycles. The number of benzene rings is 4. The predicted molar refractivity (Wildman–Crippen MR) is 136 cm³/mol. The van der Waals surface area contributed by atoms with Crippen LogP contribution in [0.2, 0.25) is 0 Å². The van der Waals surface area contributed by atoms with E-state index in [0.29, 0.717) is 11.4 Å². The van der Waals surface area contributed by atoms with Gasteiger partial charge in [-0.2, -0.15) is 0 Å². The molecule has 0 aliphatic carbocycles. The highest BCUT2D eigenvalue weighted by molar-refractivity contribution is 7.92. The van der Waals surface area contributed by atoms with Crippen LogP contribution in [-0.2, 0) is 14.8 Å². The minimum absolute atomic E-state index is 0.0925. The molecule has 0 atom stereocenters. The van der Waals surface area contributed by atoms with Crippen molar-refractivity contribution in [2.24, 2.45) is 0 Å². The molecule has 180 valence electrons. The Morgan fingerprint density at radius 3 is 2.40 bits per heavy atom. The Balaban J connectivity index is 1.45. The van der Waals surface area contributed by atoms with E-state index in [1.54, 1.807) is 42.5 Å². The quantitative estimate of drug-likeness (QED) is 0.336. The highest BCUT2D eigenvalue weighted by Crippen LogP contribution is 2.27. The molecule has 0 unspecified atom stereocenters. The summed E-state index contributed by atoms with van der Waals surface area (Å²) in [4.78, 5) is 12.9. The second-order valence-corrected chi connectivity index (χ2v) is 9.56. The van der Waals surface area contributed by atoms with Crippen molar-refractivity contribution in [1.29, 1.82) is 0 Å². The lowest BCUT2D eigenvalue weighted by molar-refractivity contribution is -0.119. The second kappa shape index (κ2) is 10.9. The van der Waals surface area contributed by atoms with Crippen molar-refractivity contribution in [3.05, 3.63) is 97.1 Å². The molecule has 0 saturated heterocycles. The fourth-order valence-electron chi connectivity index (χ4n) is 3.66. The third kappa shape index (κ3) is 5.73. The number of sulfonamides is 1. The molecular weight excluding hydrogens is 464 g/mol. The second-order valence-electron chi connectivity index (χ2n) is 7.70. The molecule has 8 heteroatoms. The number of hydrogen-bond acceptors (Lipinski definition) is 5. The lowest BCUT2D eigenvalue weighted by Gasteiger charge is -2.24. The number of hydrogen-bond donors (Lipinski definition) is 1. The van der Waals surface area contributed by atoms with E-state index in [1.807, 2.05) is 42.5 Å². The van der Waals surface area contributed by atoms with E-state index in [0.717, 1.165) is 20.8 Å². The van der Waals surface area contributed by atoms with Gasteiger partial charge in [0.1, 0.15) is 24.7 Å². The van der Waals surface area contributed by atoms with Crippen LogP contribution in [0.4, 0.5) is 5.69 Å². The van der Waals surface area contributed by atoms with E-state index in [9.17, 15) is 13.2 Å². The fraction of sp³-hybridized carbons (Fsp3) is 0.148. The van der Waals surface area contributed by atoms with Crippen molar-refractivity contribution in [3.63, 3.8) is 0 Å². The number of amides is 1. The molecule has 0 radical (unpaired) electrons. The normalized spacial score (nSPS) is 11.1. The molecule has 7 nitrogen and oxygen atoms in total. The number of carbonyl (C=O) groups excluding carboxylic acids is 1. The minimum atomic E-state index is -3.99. The van der Waals surface area contributed by atoms with E-state index in [1.165, 1.54) is 19.2 Å². The summed E-state index contributed by atoms with van der Waals surface area (Å²) in [6, 6.07) is 28.3. The summed E-state index contributed by atoms with van der Waals surface area (Å²) >= 11 is 0. The van der Waals surface area contributed by atoms with Crippen LogP contribution in [0.15, 0.2) is 102 Å². The molecule has 0 aliphatic heterocycles. The van der Waals surface area contributed by atoms with Crippen molar-refractivity contribution >= 4 is 32.4 Å². The maximum atomic E-state index is 13.4. The van der Waals surface area contributed by atoms with Crippen LogP contribution in [-0.4, -0.2) is 41.1 Å². The summed E-state index contributed by atoms with van der Waals surface area (Å²) in [5, 5.41) is 4.80. The number of fused-ring (bicyclic) bond motifs is 1. The van der Waals surface area contributed by atoms with Crippen molar-refractivity contribution in [2.75, 3.05) is 31.1 Å². The number of ether oxygens (including phenoxy) is 2. The molecule has 0 aromatic heterocycles. The zero-order valence-corrected chi connectivity index (χ0v) is 20.1. The lowest BCUT2D eigenvalue weighted by atomic mass is 10.1. The molecule has 4 rings (SSSR count). The molecule has 4 aromatic rings. The zero-order valence-electron chi connectivity index (χ0n) is 19.3. The van der Waals surface area contributed by atoms with Crippen molar-refractivity contribution < 1.29 is 22.7 Å². The maximum Gasteiger partial charge on any atom is 0.264 e. The first kappa shape index (κ1) is 24.1. The monoisotopic (exact) mass is 490 g/mol. The average molecular weight is 491 g/mol. The molecular formula is C27H26N2O5S. The van der Waals surface area contributed by atoms with Crippen LogP contribution in [0.3, 0.4) is 0 Å². The minimum Gasteiger partial charge on any atom is -0.497 e. The highest BCUT2D eigenvalue weighted by atomic mass is 32.2. The van der Waals surface area contributed by atoms with Crippen LogP contribution < -0.4 is 19.1 Å². The topological polar surface area (TPSA) is 84.9 Å². The number of nitrogens with one attached hydrogen (secondary N) is 1. The lowest BCUT2D eigenvalue weighted by Crippen LogP contribution is -2.41. The number of anilines is 1. The molecule has 1 N–H and O–H groups in total. The van der Waals surface area contributed by atoms with Gasteiger partial charge >= 0.3 is 0 Å². The number of methoxy groups -OCH3 is 1. The molecule has 0 saturated carbocycles. The Morgan fingerprint density at radius 2 is 1.60 bits per heavy atom. The Kier molecular flexibility index (Phi) is 7.52. The van der Waals surface area contributed by atoms with Gasteiger partial charge in [0.15, 0.2) is 0 Å². The number of rotatable bonds is 10. The Hall–Kier alpha value is -4.04. The first-order chi connectivity index (χ1) is 17.0. The molecule has 0 fully saturated rings. The summed E-state index contributed by atoms with van der Waals surface area (Å²) in [6.45, 7) is 0.0718.